The number of benzene rings is 2. The van der Waals surface area contributed by atoms with E-state index in [-0.39, 0.29) is 6.04 Å². The zero-order valence-corrected chi connectivity index (χ0v) is 16.2. The van der Waals surface area contributed by atoms with E-state index in [4.69, 9.17) is 16.7 Å². The Bertz CT molecular complexity index is 1040. The van der Waals surface area contributed by atoms with Crippen molar-refractivity contribution in [3.05, 3.63) is 76.8 Å². The van der Waals surface area contributed by atoms with Gasteiger partial charge in [-0.15, -0.1) is 0 Å². The third-order valence-electron chi connectivity index (χ3n) is 4.61. The minimum absolute atomic E-state index is 0.148. The van der Waals surface area contributed by atoms with Crippen molar-refractivity contribution in [1.29, 1.82) is 0 Å². The molecule has 0 saturated heterocycles. The Labute approximate surface area is 163 Å². The molecule has 1 aromatic heterocycles. The van der Waals surface area contributed by atoms with E-state index in [0.717, 1.165) is 22.4 Å². The first-order chi connectivity index (χ1) is 13.0. The zero-order chi connectivity index (χ0) is 19.0. The topological polar surface area (TPSA) is 63.0 Å². The molecule has 5 nitrogen and oxygen atoms in total. The third kappa shape index (κ3) is 3.48. The van der Waals surface area contributed by atoms with Crippen molar-refractivity contribution in [3.63, 3.8) is 0 Å². The van der Waals surface area contributed by atoms with Crippen LogP contribution in [0.1, 0.15) is 35.5 Å². The van der Waals surface area contributed by atoms with Crippen LogP contribution in [0.5, 0.6) is 0 Å². The Morgan fingerprint density at radius 2 is 1.78 bits per heavy atom. The number of nitrogens with zero attached hydrogens (tertiary/aromatic N) is 2. The second-order valence-corrected chi connectivity index (χ2v) is 7.18. The van der Waals surface area contributed by atoms with E-state index >= 15 is 0 Å². The van der Waals surface area contributed by atoms with Crippen LogP contribution in [0.25, 0.3) is 17.0 Å². The first-order valence-electron chi connectivity index (χ1n) is 8.77. The molecule has 2 aromatic carbocycles. The number of thiocarbonyl (C=S) groups is 1. The highest BCUT2D eigenvalue weighted by Crippen LogP contribution is 2.34. The lowest BCUT2D eigenvalue weighted by Crippen LogP contribution is -2.42. The highest BCUT2D eigenvalue weighted by molar-refractivity contribution is 7.80. The molecule has 1 aliphatic rings. The molecule has 0 saturated carbocycles. The molecule has 0 bridgehead atoms. The van der Waals surface area contributed by atoms with Crippen molar-refractivity contribution >= 4 is 22.9 Å². The molecule has 6 heteroatoms. The predicted molar refractivity (Wildman–Crippen MR) is 110 cm³/mol. The number of rotatable bonds is 3. The molecule has 1 aliphatic heterocycles. The largest absolute Gasteiger partial charge is 0.351 e. The van der Waals surface area contributed by atoms with Crippen LogP contribution in [0.3, 0.4) is 0 Å². The molecule has 2 heterocycles. The Hall–Kier alpha value is -2.99. The van der Waals surface area contributed by atoms with Gasteiger partial charge in [0.15, 0.2) is 5.11 Å². The molecule has 3 aromatic rings. The van der Waals surface area contributed by atoms with Gasteiger partial charge in [0.1, 0.15) is 0 Å². The number of allylic oxidation sites excluding steroid dienone is 1. The Balaban J connectivity index is 1.76. The molecular weight excluding hydrogens is 356 g/mol. The molecule has 27 heavy (non-hydrogen) atoms. The van der Waals surface area contributed by atoms with Gasteiger partial charge in [0.2, 0.25) is 5.82 Å². The highest BCUT2D eigenvalue weighted by atomic mass is 32.1. The summed E-state index contributed by atoms with van der Waals surface area (Å²) in [5, 5.41) is 11.3. The summed E-state index contributed by atoms with van der Waals surface area (Å²) >= 11 is 5.37. The normalized spacial score (nSPS) is 16.9. The fraction of sp³-hybridized carbons (Fsp3) is 0.190. The van der Waals surface area contributed by atoms with Crippen LogP contribution < -0.4 is 10.6 Å². The number of hydrogen-bond donors (Lipinski definition) is 2. The summed E-state index contributed by atoms with van der Waals surface area (Å²) in [6.07, 6.45) is 0. The van der Waals surface area contributed by atoms with Crippen LogP contribution in [-0.2, 0) is 0 Å². The van der Waals surface area contributed by atoms with E-state index in [0.29, 0.717) is 16.8 Å². The van der Waals surface area contributed by atoms with Gasteiger partial charge >= 0.3 is 0 Å². The van der Waals surface area contributed by atoms with Gasteiger partial charge in [0.05, 0.1) is 11.6 Å². The van der Waals surface area contributed by atoms with Crippen molar-refractivity contribution < 1.29 is 4.52 Å². The van der Waals surface area contributed by atoms with Gasteiger partial charge in [0.25, 0.3) is 5.89 Å². The van der Waals surface area contributed by atoms with Gasteiger partial charge in [-0.3, -0.25) is 0 Å². The average Bonchev–Trinajstić information content (AvgIpc) is 3.11. The maximum Gasteiger partial charge on any atom is 0.258 e. The summed E-state index contributed by atoms with van der Waals surface area (Å²) in [4.78, 5) is 4.65. The first-order valence-corrected chi connectivity index (χ1v) is 9.18. The van der Waals surface area contributed by atoms with E-state index in [1.165, 1.54) is 11.1 Å². The number of aryl methyl sites for hydroxylation is 2. The molecule has 0 amide bonds. The van der Waals surface area contributed by atoms with Gasteiger partial charge in [0, 0.05) is 11.3 Å². The Morgan fingerprint density at radius 1 is 1.00 bits per heavy atom. The summed E-state index contributed by atoms with van der Waals surface area (Å²) < 4.78 is 5.63. The van der Waals surface area contributed by atoms with Crippen LogP contribution in [0.15, 0.2) is 58.8 Å². The van der Waals surface area contributed by atoms with Gasteiger partial charge in [-0.05, 0) is 38.6 Å². The van der Waals surface area contributed by atoms with E-state index < -0.39 is 0 Å². The van der Waals surface area contributed by atoms with Crippen LogP contribution in [0.4, 0.5) is 0 Å². The molecule has 4 rings (SSSR count). The lowest BCUT2D eigenvalue weighted by Gasteiger charge is -2.29. The Kier molecular flexibility index (Phi) is 4.49. The molecule has 0 unspecified atom stereocenters. The minimum atomic E-state index is -0.148. The molecule has 0 fully saturated rings. The Morgan fingerprint density at radius 3 is 2.52 bits per heavy atom. The first kappa shape index (κ1) is 17.4. The summed E-state index contributed by atoms with van der Waals surface area (Å²) in [6.45, 7) is 6.09. The van der Waals surface area contributed by atoms with Crippen LogP contribution in [-0.4, -0.2) is 15.3 Å². The van der Waals surface area contributed by atoms with Crippen LogP contribution in [0, 0.1) is 13.8 Å². The highest BCUT2D eigenvalue weighted by Gasteiger charge is 2.30. The summed E-state index contributed by atoms with van der Waals surface area (Å²) in [5.74, 6) is 1.05. The van der Waals surface area contributed by atoms with Crippen molar-refractivity contribution in [1.82, 2.24) is 20.8 Å². The SMILES string of the molecule is CC1=C(c2nc(-c3ccc(C)cc3)no2)[C@@H](c2cccc(C)c2)NC(=S)N1. The maximum absolute atomic E-state index is 5.63. The van der Waals surface area contributed by atoms with E-state index in [1.807, 2.05) is 44.2 Å². The fourth-order valence-corrected chi connectivity index (χ4v) is 3.50. The second-order valence-electron chi connectivity index (χ2n) is 6.77. The average molecular weight is 376 g/mol. The van der Waals surface area contributed by atoms with E-state index in [2.05, 4.69) is 45.9 Å². The smallest absolute Gasteiger partial charge is 0.258 e. The molecule has 0 aliphatic carbocycles. The van der Waals surface area contributed by atoms with Crippen LogP contribution >= 0.6 is 12.2 Å². The third-order valence-corrected chi connectivity index (χ3v) is 4.83. The van der Waals surface area contributed by atoms with E-state index in [9.17, 15) is 0 Å². The van der Waals surface area contributed by atoms with Crippen molar-refractivity contribution in [3.8, 4) is 11.4 Å². The van der Waals surface area contributed by atoms with Crippen molar-refractivity contribution in [2.45, 2.75) is 26.8 Å². The summed E-state index contributed by atoms with van der Waals surface area (Å²) in [6, 6.07) is 16.2. The fourth-order valence-electron chi connectivity index (χ4n) is 3.23. The van der Waals surface area contributed by atoms with Gasteiger partial charge < -0.3 is 15.2 Å². The molecule has 1 atom stereocenters. The minimum Gasteiger partial charge on any atom is -0.351 e. The quantitative estimate of drug-likeness (QED) is 0.665. The lowest BCUT2D eigenvalue weighted by atomic mass is 9.94. The zero-order valence-electron chi connectivity index (χ0n) is 15.4. The van der Waals surface area contributed by atoms with Crippen LogP contribution in [0.2, 0.25) is 0 Å². The van der Waals surface area contributed by atoms with E-state index in [1.54, 1.807) is 0 Å². The lowest BCUT2D eigenvalue weighted by molar-refractivity contribution is 0.403. The van der Waals surface area contributed by atoms with Gasteiger partial charge in [-0.25, -0.2) is 0 Å². The molecule has 136 valence electrons. The summed E-state index contributed by atoms with van der Waals surface area (Å²) in [7, 11) is 0. The molecule has 0 spiro atoms. The van der Waals surface area contributed by atoms with Gasteiger partial charge in [-0.1, -0.05) is 64.8 Å². The summed E-state index contributed by atoms with van der Waals surface area (Å²) in [5.41, 5.74) is 6.21. The maximum atomic E-state index is 5.63. The molecule has 0 radical (unpaired) electrons. The van der Waals surface area contributed by atoms with Crippen molar-refractivity contribution in [2.75, 3.05) is 0 Å². The monoisotopic (exact) mass is 376 g/mol. The number of nitrogens with one attached hydrogen (secondary N) is 2. The molecule has 2 N–H and O–H groups in total. The standard InChI is InChI=1S/C21H20N4OS/c1-12-7-9-15(10-8-12)19-24-20(26-25-19)17-14(3)22-21(27)23-18(17)16-6-4-5-13(2)11-16/h4-11,18H,1-3H3,(H2,22,23,27)/t18-/m1/s1. The predicted octanol–water partition coefficient (Wildman–Crippen LogP) is 4.30. The molecular formula is C21H20N4OS. The van der Waals surface area contributed by atoms with Crippen molar-refractivity contribution in [2.24, 2.45) is 0 Å². The number of aromatic nitrogens is 2. The van der Waals surface area contributed by atoms with Gasteiger partial charge in [-0.2, -0.15) is 4.98 Å². The number of hydrogen-bond acceptors (Lipinski definition) is 4. The second kappa shape index (κ2) is 6.96.